The Morgan fingerprint density at radius 3 is 2.71 bits per heavy atom. The van der Waals surface area contributed by atoms with Gasteiger partial charge in [0.25, 0.3) is 5.91 Å². The van der Waals surface area contributed by atoms with Gasteiger partial charge in [-0.2, -0.15) is 0 Å². The summed E-state index contributed by atoms with van der Waals surface area (Å²) in [5.41, 5.74) is 0.831. The lowest BCUT2D eigenvalue weighted by Gasteiger charge is -2.06. The van der Waals surface area contributed by atoms with Gasteiger partial charge in [-0.25, -0.2) is 9.59 Å². The molecular weight excluding hydrogens is 344 g/mol. The number of carbonyl (C=O) groups is 3. The molecule has 1 aromatic carbocycles. The molecule has 1 aromatic rings. The number of imide groups is 1. The van der Waals surface area contributed by atoms with Crippen molar-refractivity contribution >= 4 is 39.9 Å². The minimum atomic E-state index is -1.07. The molecule has 2 N–H and O–H groups in total. The van der Waals surface area contributed by atoms with Crippen molar-refractivity contribution in [2.24, 2.45) is 0 Å². The number of benzene rings is 1. The molecule has 2 rings (SSSR count). The fourth-order valence-corrected chi connectivity index (χ4v) is 2.16. The zero-order chi connectivity index (χ0) is 15.6. The number of nitrogens with zero attached hydrogens (tertiary/aromatic N) is 1. The molecule has 1 aliphatic rings. The molecular formula is C13H11BrN2O5. The van der Waals surface area contributed by atoms with Gasteiger partial charge in [-0.05, 0) is 39.7 Å². The third-order valence-corrected chi connectivity index (χ3v) is 3.32. The maximum atomic E-state index is 11.7. The molecule has 1 fully saturated rings. The minimum absolute atomic E-state index is 0.175. The summed E-state index contributed by atoms with van der Waals surface area (Å²) in [5, 5.41) is 11.0. The summed E-state index contributed by atoms with van der Waals surface area (Å²) >= 11 is 3.26. The number of nitrogens with one attached hydrogen (secondary N) is 1. The number of hydrogen-bond acceptors (Lipinski definition) is 4. The zero-order valence-electron chi connectivity index (χ0n) is 10.9. The lowest BCUT2D eigenvalue weighted by molar-refractivity contribution is -0.139. The molecule has 0 aromatic heterocycles. The van der Waals surface area contributed by atoms with Gasteiger partial charge >= 0.3 is 12.0 Å². The molecule has 0 saturated carbocycles. The van der Waals surface area contributed by atoms with Gasteiger partial charge in [-0.15, -0.1) is 0 Å². The van der Waals surface area contributed by atoms with E-state index in [0.717, 1.165) is 4.90 Å². The maximum absolute atomic E-state index is 11.7. The predicted molar refractivity (Wildman–Crippen MR) is 76.6 cm³/mol. The average Bonchev–Trinajstić information content (AvgIpc) is 2.65. The van der Waals surface area contributed by atoms with Gasteiger partial charge in [0, 0.05) is 7.05 Å². The van der Waals surface area contributed by atoms with Crippen LogP contribution in [0.3, 0.4) is 0 Å². The van der Waals surface area contributed by atoms with Crippen molar-refractivity contribution in [3.63, 3.8) is 0 Å². The van der Waals surface area contributed by atoms with Crippen LogP contribution in [-0.4, -0.2) is 41.6 Å². The third-order valence-electron chi connectivity index (χ3n) is 2.70. The molecule has 21 heavy (non-hydrogen) atoms. The zero-order valence-corrected chi connectivity index (χ0v) is 12.5. The largest absolute Gasteiger partial charge is 0.481 e. The first-order chi connectivity index (χ1) is 9.88. The Morgan fingerprint density at radius 1 is 1.48 bits per heavy atom. The smallest absolute Gasteiger partial charge is 0.341 e. The predicted octanol–water partition coefficient (Wildman–Crippen LogP) is 1.44. The Labute approximate surface area is 128 Å². The lowest BCUT2D eigenvalue weighted by Crippen LogP contribution is -2.25. The van der Waals surface area contributed by atoms with E-state index in [1.165, 1.54) is 13.1 Å². The summed E-state index contributed by atoms with van der Waals surface area (Å²) in [4.78, 5) is 34.5. The summed E-state index contributed by atoms with van der Waals surface area (Å²) in [6, 6.07) is 4.39. The topological polar surface area (TPSA) is 95.9 Å². The number of halogens is 1. The van der Waals surface area contributed by atoms with Crippen LogP contribution in [0.1, 0.15) is 5.56 Å². The molecule has 3 amide bonds. The molecule has 0 aliphatic carbocycles. The maximum Gasteiger partial charge on any atom is 0.341 e. The SMILES string of the molecule is CN1C(=O)N/C(=C/c2ccc(OCC(=O)O)c(Br)c2)C1=O. The van der Waals surface area contributed by atoms with Crippen LogP contribution in [0.2, 0.25) is 0 Å². The van der Waals surface area contributed by atoms with Crippen molar-refractivity contribution in [1.82, 2.24) is 10.2 Å². The van der Waals surface area contributed by atoms with Crippen LogP contribution in [0.25, 0.3) is 6.08 Å². The van der Waals surface area contributed by atoms with E-state index < -0.39 is 24.5 Å². The number of ether oxygens (including phenoxy) is 1. The van der Waals surface area contributed by atoms with Gasteiger partial charge in [-0.3, -0.25) is 9.69 Å². The van der Waals surface area contributed by atoms with E-state index in [2.05, 4.69) is 21.2 Å². The Hall–Kier alpha value is -2.35. The van der Waals surface area contributed by atoms with Crippen LogP contribution in [0.15, 0.2) is 28.4 Å². The highest BCUT2D eigenvalue weighted by atomic mass is 79.9. The van der Waals surface area contributed by atoms with E-state index in [-0.39, 0.29) is 5.70 Å². The van der Waals surface area contributed by atoms with Crippen LogP contribution in [0, 0.1) is 0 Å². The highest BCUT2D eigenvalue weighted by Gasteiger charge is 2.29. The Bertz CT molecular complexity index is 656. The first kappa shape index (κ1) is 15.0. The normalized spacial score (nSPS) is 16.3. The number of amides is 3. The fourth-order valence-electron chi connectivity index (χ4n) is 1.65. The average molecular weight is 355 g/mol. The third kappa shape index (κ3) is 3.40. The van der Waals surface area contributed by atoms with Gasteiger partial charge in [0.15, 0.2) is 6.61 Å². The molecule has 1 aliphatic heterocycles. The first-order valence-corrected chi connectivity index (χ1v) is 6.62. The molecule has 1 heterocycles. The van der Waals surface area contributed by atoms with Gasteiger partial charge in [0.05, 0.1) is 4.47 Å². The lowest BCUT2D eigenvalue weighted by atomic mass is 10.2. The van der Waals surface area contributed by atoms with Crippen LogP contribution >= 0.6 is 15.9 Å². The van der Waals surface area contributed by atoms with Crippen molar-refractivity contribution in [3.8, 4) is 5.75 Å². The number of aliphatic carboxylic acids is 1. The number of urea groups is 1. The number of hydrogen-bond donors (Lipinski definition) is 2. The van der Waals surface area contributed by atoms with E-state index in [1.54, 1.807) is 18.2 Å². The molecule has 0 atom stereocenters. The number of likely N-dealkylation sites (N-methyl/N-ethyl adjacent to an activating group) is 1. The summed E-state index contributed by atoms with van der Waals surface area (Å²) in [5.74, 6) is -1.11. The van der Waals surface area contributed by atoms with Crippen molar-refractivity contribution in [3.05, 3.63) is 33.9 Å². The second-order valence-corrected chi connectivity index (χ2v) is 5.08. The molecule has 8 heteroatoms. The molecule has 0 bridgehead atoms. The van der Waals surface area contributed by atoms with Crippen LogP contribution in [0.4, 0.5) is 4.79 Å². The van der Waals surface area contributed by atoms with Crippen molar-refractivity contribution in [2.75, 3.05) is 13.7 Å². The highest BCUT2D eigenvalue weighted by Crippen LogP contribution is 2.27. The molecule has 0 unspecified atom stereocenters. The van der Waals surface area contributed by atoms with E-state index in [1.807, 2.05) is 0 Å². The standard InChI is InChI=1S/C13H11BrN2O5/c1-16-12(19)9(15-13(16)20)5-7-2-3-10(8(14)4-7)21-6-11(17)18/h2-5H,6H2,1H3,(H,15,20)(H,17,18)/b9-5+. The number of carboxylic acids is 1. The van der Waals surface area contributed by atoms with E-state index in [0.29, 0.717) is 15.8 Å². The fraction of sp³-hybridized carbons (Fsp3) is 0.154. The number of carbonyl (C=O) groups excluding carboxylic acids is 2. The molecule has 1 saturated heterocycles. The van der Waals surface area contributed by atoms with Gasteiger partial charge in [0.2, 0.25) is 0 Å². The van der Waals surface area contributed by atoms with Crippen molar-refractivity contribution in [1.29, 1.82) is 0 Å². The first-order valence-electron chi connectivity index (χ1n) is 5.83. The molecule has 0 radical (unpaired) electrons. The van der Waals surface area contributed by atoms with Crippen LogP contribution in [0.5, 0.6) is 5.75 Å². The quantitative estimate of drug-likeness (QED) is 0.629. The Morgan fingerprint density at radius 2 is 2.19 bits per heavy atom. The molecule has 110 valence electrons. The highest BCUT2D eigenvalue weighted by molar-refractivity contribution is 9.10. The second-order valence-electron chi connectivity index (χ2n) is 4.22. The molecule has 7 nitrogen and oxygen atoms in total. The van der Waals surface area contributed by atoms with Gasteiger partial charge < -0.3 is 15.2 Å². The van der Waals surface area contributed by atoms with E-state index >= 15 is 0 Å². The van der Waals surface area contributed by atoms with Crippen LogP contribution in [-0.2, 0) is 9.59 Å². The summed E-state index contributed by atoms with van der Waals surface area (Å²) in [6.07, 6.45) is 1.52. The Kier molecular flexibility index (Phi) is 4.27. The van der Waals surface area contributed by atoms with Crippen molar-refractivity contribution in [2.45, 2.75) is 0 Å². The summed E-state index contributed by atoms with van der Waals surface area (Å²) in [6.45, 7) is -0.446. The number of carboxylic acid groups (broad SMARTS) is 1. The monoisotopic (exact) mass is 354 g/mol. The Balaban J connectivity index is 2.19. The van der Waals surface area contributed by atoms with Gasteiger partial charge in [0.1, 0.15) is 11.4 Å². The molecule has 0 spiro atoms. The number of rotatable bonds is 4. The summed E-state index contributed by atoms with van der Waals surface area (Å²) in [7, 11) is 1.39. The second kappa shape index (κ2) is 5.96. The summed E-state index contributed by atoms with van der Waals surface area (Å²) < 4.78 is 5.61. The minimum Gasteiger partial charge on any atom is -0.481 e. The van der Waals surface area contributed by atoms with Crippen LogP contribution < -0.4 is 10.1 Å². The van der Waals surface area contributed by atoms with E-state index in [9.17, 15) is 14.4 Å². The van der Waals surface area contributed by atoms with Gasteiger partial charge in [-0.1, -0.05) is 6.07 Å². The van der Waals surface area contributed by atoms with Crippen molar-refractivity contribution < 1.29 is 24.2 Å². The van der Waals surface area contributed by atoms with E-state index in [4.69, 9.17) is 9.84 Å².